The molecule has 0 aromatic heterocycles. The van der Waals surface area contributed by atoms with Crippen molar-refractivity contribution in [2.24, 2.45) is 0 Å². The van der Waals surface area contributed by atoms with Crippen LogP contribution in [0.2, 0.25) is 0 Å². The molecule has 1 N–H and O–H groups in total. The monoisotopic (exact) mass is 596 g/mol. The molecule has 4 atom stereocenters. The Morgan fingerprint density at radius 1 is 0.750 bits per heavy atom. The predicted octanol–water partition coefficient (Wildman–Crippen LogP) is 7.83. The molecule has 0 unspecified atom stereocenters. The van der Waals surface area contributed by atoms with Crippen LogP contribution in [0.25, 0.3) is 0 Å². The van der Waals surface area contributed by atoms with E-state index in [0.29, 0.717) is 25.7 Å². The molecule has 0 aliphatic rings. The smallest absolute Gasteiger partial charge is 0.303 e. The number of halogens is 4. The van der Waals surface area contributed by atoms with Gasteiger partial charge in [-0.2, -0.15) is 0 Å². The lowest BCUT2D eigenvalue weighted by Crippen LogP contribution is -2.23. The summed E-state index contributed by atoms with van der Waals surface area (Å²) in [5.74, 6) is -0.679. The summed E-state index contributed by atoms with van der Waals surface area (Å²) in [5, 5.41) is 8.60. The van der Waals surface area contributed by atoms with Crippen molar-refractivity contribution in [3.63, 3.8) is 0 Å². The van der Waals surface area contributed by atoms with Gasteiger partial charge in [-0.1, -0.05) is 116 Å². The van der Waals surface area contributed by atoms with Crippen molar-refractivity contribution in [1.82, 2.24) is 0 Å². The topological polar surface area (TPSA) is 37.3 Å². The maximum Gasteiger partial charge on any atom is 0.303 e. The maximum absolute atomic E-state index is 10.4. The molecule has 24 heavy (non-hydrogen) atoms. The zero-order valence-corrected chi connectivity index (χ0v) is 21.0. The minimum absolute atomic E-state index is 0.309. The molecular formula is C18H32Br4O2. The summed E-state index contributed by atoms with van der Waals surface area (Å²) >= 11 is 15.3. The first kappa shape index (κ1) is 25.4. The minimum atomic E-state index is -0.679. The predicted molar refractivity (Wildman–Crippen MR) is 120 cm³/mol. The Balaban J connectivity index is 3.74. The van der Waals surface area contributed by atoms with Crippen LogP contribution in [0.15, 0.2) is 0 Å². The number of aliphatic carboxylic acids is 1. The van der Waals surface area contributed by atoms with Crippen molar-refractivity contribution in [3.8, 4) is 0 Å². The molecule has 0 saturated carbocycles. The van der Waals surface area contributed by atoms with E-state index in [-0.39, 0.29) is 0 Å². The molecule has 0 spiro atoms. The third-order valence-corrected chi connectivity index (χ3v) is 9.82. The summed E-state index contributed by atoms with van der Waals surface area (Å²) in [4.78, 5) is 12.4. The largest absolute Gasteiger partial charge is 0.481 e. The molecule has 0 bridgehead atoms. The van der Waals surface area contributed by atoms with Crippen molar-refractivity contribution < 1.29 is 9.90 Å². The fourth-order valence-electron chi connectivity index (χ4n) is 2.61. The van der Waals surface area contributed by atoms with E-state index >= 15 is 0 Å². The van der Waals surface area contributed by atoms with Crippen molar-refractivity contribution in [3.05, 3.63) is 0 Å². The first-order valence-electron chi connectivity index (χ1n) is 9.16. The highest BCUT2D eigenvalue weighted by molar-refractivity contribution is 9.13. The van der Waals surface area contributed by atoms with Gasteiger partial charge in [-0.15, -0.1) is 0 Å². The van der Waals surface area contributed by atoms with Crippen molar-refractivity contribution in [2.75, 3.05) is 0 Å². The molecule has 6 heteroatoms. The van der Waals surface area contributed by atoms with Gasteiger partial charge in [0.15, 0.2) is 0 Å². The average molecular weight is 600 g/mol. The summed E-state index contributed by atoms with van der Waals surface area (Å²) in [6.45, 7) is 2.24. The van der Waals surface area contributed by atoms with Gasteiger partial charge < -0.3 is 5.11 Å². The second-order valence-corrected chi connectivity index (χ2v) is 11.2. The lowest BCUT2D eigenvalue weighted by atomic mass is 10.0. The van der Waals surface area contributed by atoms with E-state index in [2.05, 4.69) is 70.6 Å². The second-order valence-electron chi connectivity index (χ2n) is 6.50. The Morgan fingerprint density at radius 2 is 1.21 bits per heavy atom. The number of alkyl halides is 4. The molecule has 0 heterocycles. The second kappa shape index (κ2) is 16.6. The standard InChI is InChI=1S/C18H32Br4O2/c1-2-3-7-10-14(19)16(21)13-17(22)15(20)11-8-5-4-6-9-12-18(23)24/h14-17H,2-13H2,1H3,(H,23,24)/t14-,15+,16+,17-/m0/s1. The Hall–Kier alpha value is 1.39. The Morgan fingerprint density at radius 3 is 1.71 bits per heavy atom. The number of carboxylic acid groups (broad SMARTS) is 1. The molecule has 0 aliphatic carbocycles. The normalized spacial score (nSPS) is 16.5. The summed E-state index contributed by atoms with van der Waals surface area (Å²) in [6, 6.07) is 0. The fourth-order valence-corrected chi connectivity index (χ4v) is 5.52. The molecular weight excluding hydrogens is 568 g/mol. The van der Waals surface area contributed by atoms with E-state index in [1.165, 1.54) is 38.5 Å². The molecule has 0 aromatic carbocycles. The van der Waals surface area contributed by atoms with Gasteiger partial charge in [-0.25, -0.2) is 0 Å². The fraction of sp³-hybridized carbons (Fsp3) is 0.944. The van der Waals surface area contributed by atoms with Gasteiger partial charge in [0.05, 0.1) is 0 Å². The molecule has 0 rings (SSSR count). The van der Waals surface area contributed by atoms with Gasteiger partial charge in [-0.05, 0) is 25.7 Å². The molecule has 0 radical (unpaired) electrons. The number of unbranched alkanes of at least 4 members (excludes halogenated alkanes) is 6. The summed E-state index contributed by atoms with van der Waals surface area (Å²) in [6.07, 6.45) is 13.1. The van der Waals surface area contributed by atoms with Crippen LogP contribution >= 0.6 is 63.7 Å². The van der Waals surface area contributed by atoms with E-state index in [0.717, 1.165) is 32.1 Å². The molecule has 2 nitrogen and oxygen atoms in total. The van der Waals surface area contributed by atoms with E-state index in [1.807, 2.05) is 0 Å². The SMILES string of the molecule is CCCCC[C@H](Br)[C@H](Br)C[C@H](Br)[C@H](Br)CCCCCCCC(=O)O. The van der Waals surface area contributed by atoms with Crippen LogP contribution in [0.1, 0.15) is 84.0 Å². The zero-order chi connectivity index (χ0) is 18.4. The van der Waals surface area contributed by atoms with Crippen LogP contribution in [-0.2, 0) is 4.79 Å². The highest BCUT2D eigenvalue weighted by Crippen LogP contribution is 2.31. The molecule has 0 aliphatic heterocycles. The summed E-state index contributed by atoms with van der Waals surface area (Å²) in [7, 11) is 0. The summed E-state index contributed by atoms with van der Waals surface area (Å²) in [5.41, 5.74) is 0. The number of carboxylic acids is 1. The quantitative estimate of drug-likeness (QED) is 0.145. The van der Waals surface area contributed by atoms with Gasteiger partial charge in [-0.3, -0.25) is 4.79 Å². The number of rotatable bonds is 16. The summed E-state index contributed by atoms with van der Waals surface area (Å²) < 4.78 is 0. The Labute approximate surface area is 181 Å². The van der Waals surface area contributed by atoms with Gasteiger partial charge in [0.1, 0.15) is 0 Å². The van der Waals surface area contributed by atoms with Crippen molar-refractivity contribution in [2.45, 2.75) is 103 Å². The minimum Gasteiger partial charge on any atom is -0.481 e. The molecule has 0 saturated heterocycles. The number of hydrogen-bond acceptors (Lipinski definition) is 1. The first-order chi connectivity index (χ1) is 11.4. The van der Waals surface area contributed by atoms with Crippen LogP contribution in [-0.4, -0.2) is 30.4 Å². The van der Waals surface area contributed by atoms with Gasteiger partial charge in [0, 0.05) is 25.7 Å². The maximum atomic E-state index is 10.4. The Bertz CT molecular complexity index is 315. The molecule has 0 amide bonds. The molecule has 0 fully saturated rings. The van der Waals surface area contributed by atoms with Crippen LogP contribution < -0.4 is 0 Å². The van der Waals surface area contributed by atoms with Crippen LogP contribution in [0, 0.1) is 0 Å². The first-order valence-corrected chi connectivity index (χ1v) is 12.8. The average Bonchev–Trinajstić information content (AvgIpc) is 2.53. The number of hydrogen-bond donors (Lipinski definition) is 1. The van der Waals surface area contributed by atoms with Crippen molar-refractivity contribution in [1.29, 1.82) is 0 Å². The van der Waals surface area contributed by atoms with Gasteiger partial charge >= 0.3 is 5.97 Å². The Kier molecular flexibility index (Phi) is 17.5. The van der Waals surface area contributed by atoms with E-state index in [9.17, 15) is 4.79 Å². The van der Waals surface area contributed by atoms with Gasteiger partial charge in [0.25, 0.3) is 0 Å². The molecule has 0 aromatic rings. The van der Waals surface area contributed by atoms with Crippen molar-refractivity contribution >= 4 is 69.7 Å². The zero-order valence-electron chi connectivity index (χ0n) is 14.7. The van der Waals surface area contributed by atoms with E-state index in [4.69, 9.17) is 5.11 Å². The van der Waals surface area contributed by atoms with Gasteiger partial charge in [0.2, 0.25) is 0 Å². The van der Waals surface area contributed by atoms with E-state index in [1.54, 1.807) is 0 Å². The highest BCUT2D eigenvalue weighted by Gasteiger charge is 2.23. The highest BCUT2D eigenvalue weighted by atomic mass is 79.9. The lowest BCUT2D eigenvalue weighted by Gasteiger charge is -2.23. The third kappa shape index (κ3) is 14.5. The molecule has 144 valence electrons. The van der Waals surface area contributed by atoms with Crippen LogP contribution in [0.4, 0.5) is 0 Å². The number of carbonyl (C=O) groups is 1. The van der Waals surface area contributed by atoms with Crippen LogP contribution in [0.3, 0.4) is 0 Å². The third-order valence-electron chi connectivity index (χ3n) is 4.19. The lowest BCUT2D eigenvalue weighted by molar-refractivity contribution is -0.137. The van der Waals surface area contributed by atoms with Crippen LogP contribution in [0.5, 0.6) is 0 Å². The van der Waals surface area contributed by atoms with E-state index < -0.39 is 5.97 Å².